The van der Waals surface area contributed by atoms with E-state index in [4.69, 9.17) is 0 Å². The lowest BCUT2D eigenvalue weighted by Gasteiger charge is -2.08. The number of halogens is 7. The van der Waals surface area contributed by atoms with Crippen molar-refractivity contribution in [1.29, 1.82) is 0 Å². The van der Waals surface area contributed by atoms with Crippen molar-refractivity contribution < 1.29 is 65.2 Å². The second-order valence-electron chi connectivity index (χ2n) is 3.20. The molecule has 0 aliphatic heterocycles. The van der Waals surface area contributed by atoms with E-state index in [-0.39, 0.29) is 7.43 Å². The fourth-order valence-corrected chi connectivity index (χ4v) is 2.80. The van der Waals surface area contributed by atoms with Gasteiger partial charge in [-0.1, -0.05) is 25.6 Å². The maximum absolute atomic E-state index is 11.5. The molecule has 0 bridgehead atoms. The number of alkyl halides is 7. The van der Waals surface area contributed by atoms with Gasteiger partial charge in [-0.25, -0.2) is 8.42 Å². The van der Waals surface area contributed by atoms with Crippen LogP contribution < -0.4 is 25.3 Å². The number of hydrogen-bond donors (Lipinski definition) is 1. The number of rotatable bonds is 5. The molecule has 0 amide bonds. The van der Waals surface area contributed by atoms with Gasteiger partial charge in [-0.3, -0.25) is 0 Å². The van der Waals surface area contributed by atoms with E-state index in [9.17, 15) is 34.8 Å². The second kappa shape index (κ2) is 11.3. The van der Waals surface area contributed by atoms with E-state index in [2.05, 4.69) is 44.5 Å². The summed E-state index contributed by atoms with van der Waals surface area (Å²) in [6, 6.07) is 10.6. The van der Waals surface area contributed by atoms with Gasteiger partial charge in [-0.05, 0) is 12.1 Å². The molecule has 0 aliphatic rings. The Labute approximate surface area is 149 Å². The molecule has 0 saturated carbocycles. The van der Waals surface area contributed by atoms with Gasteiger partial charge >= 0.3 is 43.1 Å². The Morgan fingerprint density at radius 1 is 1.08 bits per heavy atom. The summed E-state index contributed by atoms with van der Waals surface area (Å²) in [6.07, 6.45) is -5.25. The van der Waals surface area contributed by atoms with E-state index in [1.54, 1.807) is 0 Å². The molecule has 0 aromatic heterocycles. The zero-order valence-corrected chi connectivity index (χ0v) is 14.8. The fourth-order valence-electron chi connectivity index (χ4n) is 0.702. The van der Waals surface area contributed by atoms with Crippen molar-refractivity contribution >= 4 is 22.3 Å². The summed E-state index contributed by atoms with van der Waals surface area (Å²) in [4.78, 5) is 4.78. The summed E-state index contributed by atoms with van der Waals surface area (Å²) < 4.78 is 93.3. The minimum Gasteiger partial charge on any atom is -0.202 e. The monoisotopic (exact) mass is 516 g/mol. The van der Waals surface area contributed by atoms with Gasteiger partial charge < -0.3 is 0 Å². The summed E-state index contributed by atoms with van der Waals surface area (Å²) in [5.41, 5.74) is -5.65. The third-order valence-corrected chi connectivity index (χ3v) is 5.42. The highest BCUT2D eigenvalue weighted by Gasteiger charge is 2.46. The molecule has 0 fully saturated rings. The zero-order chi connectivity index (χ0) is 18.1. The van der Waals surface area contributed by atoms with Crippen molar-refractivity contribution in [3.8, 4) is 0 Å². The predicted molar refractivity (Wildman–Crippen MR) is 71.7 cm³/mol. The number of nitrogens with one attached hydrogen (secondary N) is 1. The van der Waals surface area contributed by atoms with Crippen LogP contribution in [-0.4, -0.2) is 25.2 Å². The van der Waals surface area contributed by atoms with Crippen LogP contribution in [0.25, 0.3) is 0 Å². The first-order valence-corrected chi connectivity index (χ1v) is 10.6. The van der Waals surface area contributed by atoms with Gasteiger partial charge in [0.25, 0.3) is 0 Å². The Balaban J connectivity index is 0. The third-order valence-electron chi connectivity index (χ3n) is 1.56. The van der Waals surface area contributed by atoms with Gasteiger partial charge in [0.05, 0.1) is 0 Å². The zero-order valence-electron chi connectivity index (χ0n) is 11.0. The smallest absolute Gasteiger partial charge is 0.202 e. The van der Waals surface area contributed by atoms with Crippen molar-refractivity contribution in [2.45, 2.75) is 19.3 Å². The predicted octanol–water partition coefficient (Wildman–Crippen LogP) is 0.668. The van der Waals surface area contributed by atoms with E-state index >= 15 is 0 Å². The van der Waals surface area contributed by atoms with Crippen LogP contribution in [0.15, 0.2) is 30.3 Å². The molecule has 0 saturated heterocycles. The molecule has 1 aromatic rings. The average molecular weight is 516 g/mol. The molecule has 0 unspecified atom stereocenters. The van der Waals surface area contributed by atoms with Crippen molar-refractivity contribution in [2.24, 2.45) is 0 Å². The van der Waals surface area contributed by atoms with Crippen LogP contribution in [0.5, 0.6) is 0 Å². The van der Waals surface area contributed by atoms with Crippen molar-refractivity contribution in [1.82, 2.24) is 4.13 Å². The molecule has 0 radical (unpaired) electrons. The van der Waals surface area contributed by atoms with Crippen molar-refractivity contribution in [2.75, 3.05) is 4.93 Å². The lowest BCUT2D eigenvalue weighted by molar-refractivity contribution is -0.597. The number of benzene rings is 1. The minimum atomic E-state index is -5.77. The first-order chi connectivity index (χ1) is 10.4. The molecule has 142 valence electrons. The van der Waals surface area contributed by atoms with E-state index in [1.807, 2.05) is 0 Å². The molecule has 0 spiro atoms. The molecule has 24 heavy (non-hydrogen) atoms. The summed E-state index contributed by atoms with van der Waals surface area (Å²) in [6.45, 7) is 0. The summed E-state index contributed by atoms with van der Waals surface area (Å²) in [7, 11) is -5.77. The lowest BCUT2D eigenvalue weighted by atomic mass is 10.4. The van der Waals surface area contributed by atoms with Crippen molar-refractivity contribution in [3.63, 3.8) is 0 Å². The first kappa shape index (κ1) is 25.9. The van der Waals surface area contributed by atoms with Crippen LogP contribution in [0.4, 0.5) is 26.3 Å². The second-order valence-corrected chi connectivity index (χ2v) is 7.96. The standard InChI is InChI=1S/C7H8I.C2HF6NO4S2.CH4/c1-8-7-5-3-2-4-6-7;3-1(4,5)12-13-14-9-15(10,11)2(6,7)8;/h2-6H,1H3;9H;1H4/q+1;;. The lowest BCUT2D eigenvalue weighted by Crippen LogP contribution is -3.60. The average Bonchev–Trinajstić information content (AvgIpc) is 2.43. The van der Waals surface area contributed by atoms with E-state index in [0.29, 0.717) is 25.3 Å². The van der Waals surface area contributed by atoms with Gasteiger partial charge in [-0.2, -0.15) is 13.2 Å². The van der Waals surface area contributed by atoms with Gasteiger partial charge in [0.1, 0.15) is 17.2 Å². The van der Waals surface area contributed by atoms with Crippen LogP contribution in [0.1, 0.15) is 7.43 Å². The molecule has 0 atom stereocenters. The Bertz CT molecular complexity index is 553. The van der Waals surface area contributed by atoms with Crippen LogP contribution in [0.2, 0.25) is 0 Å². The van der Waals surface area contributed by atoms with Crippen LogP contribution in [0.3, 0.4) is 0 Å². The Hall–Kier alpha value is -0.290. The Kier molecular flexibility index (Phi) is 12.3. The first-order valence-electron chi connectivity index (χ1n) is 5.09. The fraction of sp³-hybridized carbons (Fsp3) is 0.400. The molecule has 5 nitrogen and oxygen atoms in total. The van der Waals surface area contributed by atoms with Gasteiger partial charge in [0.15, 0.2) is 3.57 Å². The highest BCUT2D eigenvalue weighted by atomic mass is 127. The highest BCUT2D eigenvalue weighted by Crippen LogP contribution is 2.24. The molecular formula is C10H13F6INO4S2+. The number of hydrogen-bond acceptors (Lipinski definition) is 5. The van der Waals surface area contributed by atoms with Gasteiger partial charge in [0, 0.05) is 0 Å². The van der Waals surface area contributed by atoms with Gasteiger partial charge in [0.2, 0.25) is 0 Å². The topological polar surface area (TPSA) is 64.6 Å². The molecule has 1 rings (SSSR count). The van der Waals surface area contributed by atoms with E-state index in [0.717, 1.165) is 0 Å². The largest absolute Gasteiger partial charge is 0.550 e. The molecule has 1 N–H and O–H groups in total. The maximum Gasteiger partial charge on any atom is 0.550 e. The number of sulfonamides is 1. The molecular weight excluding hydrogens is 503 g/mol. The summed E-state index contributed by atoms with van der Waals surface area (Å²) in [5, 5.41) is 0. The minimum absolute atomic E-state index is 0. The summed E-state index contributed by atoms with van der Waals surface area (Å²) in [5.74, 6) is 0. The van der Waals surface area contributed by atoms with Gasteiger partial charge in [-0.15, -0.1) is 26.5 Å². The van der Waals surface area contributed by atoms with Crippen LogP contribution in [-0.2, 0) is 19.2 Å². The normalized spacial score (nSPS) is 12.0. The van der Waals surface area contributed by atoms with Crippen molar-refractivity contribution in [3.05, 3.63) is 33.9 Å². The SMILES string of the molecule is C.C[I+]c1ccccc1.O=S(=O)(NSOOC(F)(F)F)C(F)(F)F. The third kappa shape index (κ3) is 12.1. The Morgan fingerprint density at radius 2 is 1.58 bits per heavy atom. The molecule has 0 aliphatic carbocycles. The quantitative estimate of drug-likeness (QED) is 0.0912. The molecule has 0 heterocycles. The van der Waals surface area contributed by atoms with Crippen LogP contribution in [0, 0.1) is 3.57 Å². The van der Waals surface area contributed by atoms with Crippen LogP contribution >= 0.6 is 12.2 Å². The maximum atomic E-state index is 11.5. The van der Waals surface area contributed by atoms with E-state index < -0.39 is 34.1 Å². The summed E-state index contributed by atoms with van der Waals surface area (Å²) >= 11 is -0.577. The van der Waals surface area contributed by atoms with E-state index in [1.165, 1.54) is 3.57 Å². The Morgan fingerprint density at radius 3 is 1.92 bits per heavy atom. The molecule has 14 heteroatoms. The highest BCUT2D eigenvalue weighted by molar-refractivity contribution is 8.06. The molecule has 1 aromatic carbocycles.